The monoisotopic (exact) mass is 418 g/mol. The van der Waals surface area contributed by atoms with E-state index in [2.05, 4.69) is 5.92 Å². The van der Waals surface area contributed by atoms with Crippen LogP contribution in [0.15, 0.2) is 91.1 Å². The molecule has 1 aromatic heterocycles. The number of rotatable bonds is 7. The molecular weight excluding hydrogens is 396 g/mol. The van der Waals surface area contributed by atoms with Crippen molar-refractivity contribution in [1.82, 2.24) is 9.78 Å². The molecule has 156 valence electrons. The Bertz CT molecular complexity index is 1300. The summed E-state index contributed by atoms with van der Waals surface area (Å²) in [6, 6.07) is 25.3. The standard InChI is InChI=1S/C28H22N2O2/c1-3-18-32-27-17-14-21(2)19-25(27)26(31)16-15-23-20-30(24-12-8-5-9-13-24)29-28(23)22-10-6-4-7-11-22/h1,4-17,19-20H,18H2,2H3/b16-15+. The van der Waals surface area contributed by atoms with Crippen LogP contribution < -0.4 is 4.74 Å². The Morgan fingerprint density at radius 2 is 1.78 bits per heavy atom. The molecule has 0 saturated heterocycles. The van der Waals surface area contributed by atoms with Gasteiger partial charge in [0.25, 0.3) is 0 Å². The van der Waals surface area contributed by atoms with Gasteiger partial charge in [-0.15, -0.1) is 6.42 Å². The van der Waals surface area contributed by atoms with Gasteiger partial charge in [-0.3, -0.25) is 4.79 Å². The Labute approximate surface area is 187 Å². The summed E-state index contributed by atoms with van der Waals surface area (Å²) in [7, 11) is 0. The van der Waals surface area contributed by atoms with Gasteiger partial charge in [0.2, 0.25) is 0 Å². The number of para-hydroxylation sites is 1. The van der Waals surface area contributed by atoms with E-state index in [9.17, 15) is 4.79 Å². The molecule has 0 radical (unpaired) electrons. The number of allylic oxidation sites excluding steroid dienone is 1. The Morgan fingerprint density at radius 3 is 2.50 bits per heavy atom. The Hall–Kier alpha value is -4.36. The molecule has 4 heteroatoms. The molecule has 0 N–H and O–H groups in total. The summed E-state index contributed by atoms with van der Waals surface area (Å²) in [6.07, 6.45) is 10.6. The number of ether oxygens (including phenoxy) is 1. The van der Waals surface area contributed by atoms with Crippen LogP contribution in [-0.4, -0.2) is 22.2 Å². The van der Waals surface area contributed by atoms with Crippen LogP contribution in [0.5, 0.6) is 5.75 Å². The van der Waals surface area contributed by atoms with Crippen LogP contribution in [0.3, 0.4) is 0 Å². The zero-order valence-corrected chi connectivity index (χ0v) is 17.7. The van der Waals surface area contributed by atoms with Crippen molar-refractivity contribution in [2.45, 2.75) is 6.92 Å². The van der Waals surface area contributed by atoms with Crippen molar-refractivity contribution in [3.05, 3.63) is 108 Å². The van der Waals surface area contributed by atoms with Gasteiger partial charge in [-0.1, -0.05) is 66.1 Å². The van der Waals surface area contributed by atoms with Crippen LogP contribution in [0, 0.1) is 19.3 Å². The van der Waals surface area contributed by atoms with Crippen molar-refractivity contribution in [3.8, 4) is 35.0 Å². The van der Waals surface area contributed by atoms with Crippen molar-refractivity contribution >= 4 is 11.9 Å². The fraction of sp³-hybridized carbons (Fsp3) is 0.0714. The second-order valence-electron chi connectivity index (χ2n) is 7.27. The zero-order valence-electron chi connectivity index (χ0n) is 17.7. The maximum atomic E-state index is 13.0. The summed E-state index contributed by atoms with van der Waals surface area (Å²) in [5.74, 6) is 2.75. The largest absolute Gasteiger partial charge is 0.480 e. The van der Waals surface area contributed by atoms with Gasteiger partial charge in [-0.2, -0.15) is 5.10 Å². The molecule has 1 heterocycles. The summed E-state index contributed by atoms with van der Waals surface area (Å²) < 4.78 is 7.38. The SMILES string of the molecule is C#CCOc1ccc(C)cc1C(=O)/C=C/c1cn(-c2ccccc2)nc1-c1ccccc1. The van der Waals surface area contributed by atoms with E-state index >= 15 is 0 Å². The number of nitrogens with zero attached hydrogens (tertiary/aromatic N) is 2. The predicted molar refractivity (Wildman–Crippen MR) is 128 cm³/mol. The molecule has 0 saturated carbocycles. The molecule has 0 unspecified atom stereocenters. The maximum Gasteiger partial charge on any atom is 0.189 e. The number of terminal acetylenes is 1. The minimum absolute atomic E-state index is 0.106. The predicted octanol–water partition coefficient (Wildman–Crippen LogP) is 5.76. The van der Waals surface area contributed by atoms with Gasteiger partial charge in [-0.25, -0.2) is 4.68 Å². The molecular formula is C28H22N2O2. The van der Waals surface area contributed by atoms with Crippen LogP contribution in [0.1, 0.15) is 21.5 Å². The molecule has 0 amide bonds. The third-order valence-electron chi connectivity index (χ3n) is 4.94. The number of benzene rings is 3. The average Bonchev–Trinajstić information content (AvgIpc) is 3.27. The molecule has 0 atom stereocenters. The van der Waals surface area contributed by atoms with E-state index in [-0.39, 0.29) is 12.4 Å². The minimum atomic E-state index is -0.160. The minimum Gasteiger partial charge on any atom is -0.480 e. The topological polar surface area (TPSA) is 44.1 Å². The molecule has 0 aliphatic carbocycles. The molecule has 4 nitrogen and oxygen atoms in total. The number of aryl methyl sites for hydroxylation is 1. The molecule has 4 aromatic rings. The number of carbonyl (C=O) groups is 1. The maximum absolute atomic E-state index is 13.0. The summed E-state index contributed by atoms with van der Waals surface area (Å²) in [4.78, 5) is 13.0. The summed E-state index contributed by atoms with van der Waals surface area (Å²) in [5, 5.41) is 4.78. The summed E-state index contributed by atoms with van der Waals surface area (Å²) >= 11 is 0. The van der Waals surface area contributed by atoms with Crippen molar-refractivity contribution in [2.24, 2.45) is 0 Å². The first kappa shape index (κ1) is 20.9. The molecule has 0 spiro atoms. The lowest BCUT2D eigenvalue weighted by Gasteiger charge is -2.08. The normalized spacial score (nSPS) is 10.8. The molecule has 4 rings (SSSR count). The van der Waals surface area contributed by atoms with E-state index < -0.39 is 0 Å². The van der Waals surface area contributed by atoms with Crippen molar-refractivity contribution in [1.29, 1.82) is 0 Å². The summed E-state index contributed by atoms with van der Waals surface area (Å²) in [6.45, 7) is 2.04. The molecule has 0 fully saturated rings. The molecule has 0 aliphatic heterocycles. The number of ketones is 1. The van der Waals surface area contributed by atoms with Gasteiger partial charge in [0, 0.05) is 17.3 Å². The van der Waals surface area contributed by atoms with Crippen LogP contribution in [-0.2, 0) is 0 Å². The van der Waals surface area contributed by atoms with Crippen molar-refractivity contribution in [2.75, 3.05) is 6.61 Å². The van der Waals surface area contributed by atoms with Gasteiger partial charge in [0.05, 0.1) is 16.9 Å². The Morgan fingerprint density at radius 1 is 1.06 bits per heavy atom. The van der Waals surface area contributed by atoms with E-state index in [1.54, 1.807) is 18.2 Å². The fourth-order valence-electron chi connectivity index (χ4n) is 3.38. The third kappa shape index (κ3) is 4.69. The van der Waals surface area contributed by atoms with Crippen LogP contribution in [0.25, 0.3) is 23.0 Å². The Kier molecular flexibility index (Phi) is 6.29. The average molecular weight is 418 g/mol. The lowest BCUT2D eigenvalue weighted by atomic mass is 10.0. The van der Waals surface area contributed by atoms with Gasteiger partial charge in [0.1, 0.15) is 12.4 Å². The highest BCUT2D eigenvalue weighted by atomic mass is 16.5. The fourth-order valence-corrected chi connectivity index (χ4v) is 3.38. The first-order valence-electron chi connectivity index (χ1n) is 10.3. The molecule has 0 bridgehead atoms. The zero-order chi connectivity index (χ0) is 22.3. The molecule has 32 heavy (non-hydrogen) atoms. The highest BCUT2D eigenvalue weighted by molar-refractivity contribution is 6.09. The second kappa shape index (κ2) is 9.63. The van der Waals surface area contributed by atoms with E-state index in [4.69, 9.17) is 16.3 Å². The van der Waals surface area contributed by atoms with Crippen molar-refractivity contribution in [3.63, 3.8) is 0 Å². The first-order chi connectivity index (χ1) is 15.7. The van der Waals surface area contributed by atoms with E-state index in [0.29, 0.717) is 11.3 Å². The lowest BCUT2D eigenvalue weighted by molar-refractivity contribution is 0.104. The number of carbonyl (C=O) groups excluding carboxylic acids is 1. The number of aromatic nitrogens is 2. The van der Waals surface area contributed by atoms with Gasteiger partial charge in [-0.05, 0) is 43.3 Å². The molecule has 0 aliphatic rings. The van der Waals surface area contributed by atoms with Crippen molar-refractivity contribution < 1.29 is 9.53 Å². The van der Waals surface area contributed by atoms with Gasteiger partial charge >= 0.3 is 0 Å². The van der Waals surface area contributed by atoms with E-state index in [0.717, 1.165) is 28.1 Å². The van der Waals surface area contributed by atoms with E-state index in [1.165, 1.54) is 0 Å². The van der Waals surface area contributed by atoms with Crippen LogP contribution in [0.2, 0.25) is 0 Å². The third-order valence-corrected chi connectivity index (χ3v) is 4.94. The summed E-state index contributed by atoms with van der Waals surface area (Å²) in [5.41, 5.74) is 5.01. The number of hydrogen-bond donors (Lipinski definition) is 0. The number of hydrogen-bond acceptors (Lipinski definition) is 3. The second-order valence-corrected chi connectivity index (χ2v) is 7.27. The highest BCUT2D eigenvalue weighted by Crippen LogP contribution is 2.26. The smallest absolute Gasteiger partial charge is 0.189 e. The quantitative estimate of drug-likeness (QED) is 0.218. The molecule has 3 aromatic carbocycles. The van der Waals surface area contributed by atoms with Crippen LogP contribution in [0.4, 0.5) is 0 Å². The van der Waals surface area contributed by atoms with E-state index in [1.807, 2.05) is 90.6 Å². The van der Waals surface area contributed by atoms with Gasteiger partial charge < -0.3 is 4.74 Å². The Balaban J connectivity index is 1.71. The first-order valence-corrected chi connectivity index (χ1v) is 10.3. The highest BCUT2D eigenvalue weighted by Gasteiger charge is 2.13. The lowest BCUT2D eigenvalue weighted by Crippen LogP contribution is -2.02. The van der Waals surface area contributed by atoms with Crippen LogP contribution >= 0.6 is 0 Å². The van der Waals surface area contributed by atoms with Gasteiger partial charge in [0.15, 0.2) is 5.78 Å².